The summed E-state index contributed by atoms with van der Waals surface area (Å²) in [7, 11) is -0.927. The van der Waals surface area contributed by atoms with E-state index in [1.54, 1.807) is 0 Å². The quantitative estimate of drug-likeness (QED) is 0.252. The molecule has 0 aromatic heterocycles. The third-order valence-electron chi connectivity index (χ3n) is 4.02. The molecule has 0 bridgehead atoms. The number of aryl methyl sites for hydroxylation is 3. The molecule has 0 heterocycles. The van der Waals surface area contributed by atoms with E-state index in [-0.39, 0.29) is 17.1 Å². The third kappa shape index (κ3) is 11.3. The second-order valence-corrected chi connectivity index (χ2v) is 8.46. The van der Waals surface area contributed by atoms with E-state index in [4.69, 9.17) is 19.2 Å². The largest absolute Gasteiger partial charge is 4.00 e. The Morgan fingerprint density at radius 2 is 0.581 bits per heavy atom. The summed E-state index contributed by atoms with van der Waals surface area (Å²) in [6.45, 7) is 19.4. The van der Waals surface area contributed by atoms with E-state index in [1.807, 2.05) is 0 Å². The molecule has 0 aliphatic carbocycles. The summed E-state index contributed by atoms with van der Waals surface area (Å²) in [5.41, 5.74) is 3.95. The predicted octanol–water partition coefficient (Wildman–Crippen LogP) is 3.00. The van der Waals surface area contributed by atoms with Crippen molar-refractivity contribution in [2.75, 3.05) is 0 Å². The second-order valence-electron chi connectivity index (χ2n) is 5.97. The molecule has 31 heavy (non-hydrogen) atoms. The molecular formula is C25H26FeO4P+. The Bertz CT molecular complexity index is 705. The molecule has 0 spiro atoms. The Hall–Kier alpha value is -2.71. The number of carbonyl (C=O) groups excluding carboxylic acids is 4. The predicted molar refractivity (Wildman–Crippen MR) is 128 cm³/mol. The van der Waals surface area contributed by atoms with Gasteiger partial charge < -0.3 is 19.2 Å². The maximum absolute atomic E-state index is 7.75. The zero-order valence-electron chi connectivity index (χ0n) is 17.7. The van der Waals surface area contributed by atoms with Gasteiger partial charge in [-0.05, 0) is 57.2 Å². The molecule has 3 aromatic rings. The summed E-state index contributed by atoms with van der Waals surface area (Å²) in [5.74, 6) is 0. The van der Waals surface area contributed by atoms with Crippen molar-refractivity contribution in [3.05, 3.63) is 89.5 Å². The summed E-state index contributed by atoms with van der Waals surface area (Å²) in [6, 6.07) is 27.1. The van der Waals surface area contributed by atoms with Crippen molar-refractivity contribution in [1.29, 1.82) is 0 Å². The van der Waals surface area contributed by atoms with E-state index >= 15 is 0 Å². The molecule has 0 aliphatic heterocycles. The number of hydrogen-bond donors (Lipinski definition) is 0. The smallest absolute Gasteiger partial charge is 0.545 e. The van der Waals surface area contributed by atoms with Crippen LogP contribution < -0.4 is 15.9 Å². The number of rotatable bonds is 3. The second kappa shape index (κ2) is 20.6. The molecule has 0 fully saturated rings. The van der Waals surface area contributed by atoms with Gasteiger partial charge in [-0.1, -0.05) is 53.1 Å². The fraction of sp³-hybridized carbons (Fsp3) is 0.120. The van der Waals surface area contributed by atoms with Gasteiger partial charge in [-0.3, -0.25) is 27.2 Å². The zero-order chi connectivity index (χ0) is 23.5. The molecule has 162 valence electrons. The summed E-state index contributed by atoms with van der Waals surface area (Å²) < 4.78 is 0. The minimum atomic E-state index is -0.927. The van der Waals surface area contributed by atoms with Gasteiger partial charge in [0.25, 0.3) is 0 Å². The van der Waals surface area contributed by atoms with Gasteiger partial charge in [0.05, 0.1) is 7.92 Å². The van der Waals surface area contributed by atoms with Crippen molar-refractivity contribution in [1.82, 2.24) is 0 Å². The molecule has 0 amide bonds. The Kier molecular flexibility index (Phi) is 21.8. The molecule has 0 saturated carbocycles. The van der Waals surface area contributed by atoms with Gasteiger partial charge in [-0.15, -0.1) is 0 Å². The molecule has 0 atom stereocenters. The summed E-state index contributed by atoms with van der Waals surface area (Å²) in [5, 5.41) is 4.34. The topological polar surface area (TPSA) is 68.3 Å². The van der Waals surface area contributed by atoms with Crippen molar-refractivity contribution >= 4 is 51.0 Å². The van der Waals surface area contributed by atoms with E-state index in [1.165, 1.54) is 32.6 Å². The van der Waals surface area contributed by atoms with Crippen molar-refractivity contribution in [2.45, 2.75) is 20.8 Å². The zero-order valence-corrected chi connectivity index (χ0v) is 19.8. The van der Waals surface area contributed by atoms with Crippen LogP contribution in [0.4, 0.5) is 0 Å². The molecule has 4 nitrogen and oxygen atoms in total. The van der Waals surface area contributed by atoms with Crippen LogP contribution in [0.1, 0.15) is 16.7 Å². The Morgan fingerprint density at radius 3 is 0.742 bits per heavy atom. The molecule has 3 rings (SSSR count). The van der Waals surface area contributed by atoms with Gasteiger partial charge in [0, 0.05) is 0 Å². The minimum Gasteiger partial charge on any atom is -0.545 e. The van der Waals surface area contributed by atoms with Gasteiger partial charge in [-0.25, -0.2) is 0 Å². The normalized spacial score (nSPS) is 8.26. The van der Waals surface area contributed by atoms with Gasteiger partial charge in [0.1, 0.15) is 15.9 Å². The summed E-state index contributed by atoms with van der Waals surface area (Å²) in [4.78, 5) is 31.0. The van der Waals surface area contributed by atoms with Crippen LogP contribution in [0.15, 0.2) is 72.8 Å². The van der Waals surface area contributed by atoms with E-state index in [0.29, 0.717) is 0 Å². The van der Waals surface area contributed by atoms with Crippen molar-refractivity contribution < 1.29 is 36.2 Å². The molecule has 0 aliphatic rings. The number of benzene rings is 3. The van der Waals surface area contributed by atoms with Crippen molar-refractivity contribution in [2.24, 2.45) is 0 Å². The van der Waals surface area contributed by atoms with Crippen LogP contribution in [0.5, 0.6) is 0 Å². The minimum absolute atomic E-state index is 0. The van der Waals surface area contributed by atoms with Gasteiger partial charge in [0.2, 0.25) is 0 Å². The number of hydrogen-bond acceptors (Lipinski definition) is 4. The van der Waals surface area contributed by atoms with Crippen molar-refractivity contribution in [3.8, 4) is 0 Å². The van der Waals surface area contributed by atoms with Crippen LogP contribution in [0, 0.1) is 20.8 Å². The summed E-state index contributed by atoms with van der Waals surface area (Å²) >= 11 is 0. The summed E-state index contributed by atoms with van der Waals surface area (Å²) in [6.07, 6.45) is 0. The van der Waals surface area contributed by atoms with Crippen LogP contribution >= 0.6 is 7.92 Å². The average Bonchev–Trinajstić information content (AvgIpc) is 2.83. The van der Waals surface area contributed by atoms with Crippen LogP contribution in [0.2, 0.25) is 0 Å². The van der Waals surface area contributed by atoms with Gasteiger partial charge in [-0.2, -0.15) is 0 Å². The van der Waals surface area contributed by atoms with E-state index in [2.05, 4.69) is 121 Å². The Balaban J connectivity index is -0.000000785. The monoisotopic (exact) mass is 477 g/mol. The van der Waals surface area contributed by atoms with Crippen LogP contribution in [-0.4, -0.2) is 27.2 Å². The average molecular weight is 477 g/mol. The molecule has 0 unspecified atom stereocenters. The fourth-order valence-corrected chi connectivity index (χ4v) is 5.16. The standard InChI is InChI=1S/C21H21P.4CHO.Fe/c1-16-4-10-19(11-5-16)22(20-12-6-17(2)7-13-20)21-14-8-18(3)9-15-21;4*1-2;/h4-15H,1-3H3;4*1H;/q;4*-1;+4/p+1. The fourth-order valence-electron chi connectivity index (χ4n) is 2.66. The van der Waals surface area contributed by atoms with Gasteiger partial charge >= 0.3 is 17.1 Å². The molecule has 6 heteroatoms. The maximum atomic E-state index is 7.75. The first kappa shape index (κ1) is 32.9. The van der Waals surface area contributed by atoms with Gasteiger partial charge in [0.15, 0.2) is 0 Å². The molecule has 3 aromatic carbocycles. The molecular weight excluding hydrogens is 451 g/mol. The Morgan fingerprint density at radius 1 is 0.419 bits per heavy atom. The van der Waals surface area contributed by atoms with E-state index in [9.17, 15) is 0 Å². The van der Waals surface area contributed by atoms with Crippen LogP contribution in [-0.2, 0) is 36.2 Å². The van der Waals surface area contributed by atoms with E-state index in [0.717, 1.165) is 0 Å². The molecule has 0 N–H and O–H groups in total. The van der Waals surface area contributed by atoms with Crippen molar-refractivity contribution in [3.63, 3.8) is 0 Å². The molecule has 0 saturated heterocycles. The first-order valence-electron chi connectivity index (χ1n) is 8.66. The van der Waals surface area contributed by atoms with Crippen LogP contribution in [0.25, 0.3) is 0 Å². The first-order valence-corrected chi connectivity index (χ1v) is 10.2. The van der Waals surface area contributed by atoms with E-state index < -0.39 is 7.92 Å². The Labute approximate surface area is 197 Å². The SMILES string of the molecule is Cc1ccc([PH+](c2ccc(C)cc2)c2ccc(C)cc2)cc1.[CH-]=O.[CH-]=O.[CH-]=O.[CH-]=O.[Fe+4]. The molecule has 0 radical (unpaired) electrons. The van der Waals surface area contributed by atoms with Crippen LogP contribution in [0.3, 0.4) is 0 Å². The third-order valence-corrected chi connectivity index (χ3v) is 6.75. The first-order chi connectivity index (χ1) is 14.6. The maximum Gasteiger partial charge on any atom is 4.00 e.